The summed E-state index contributed by atoms with van der Waals surface area (Å²) < 4.78 is 5.05. The number of hydrogen-bond donors (Lipinski definition) is 2. The molecule has 0 radical (unpaired) electrons. The first kappa shape index (κ1) is 21.1. The van der Waals surface area contributed by atoms with Crippen molar-refractivity contribution in [1.82, 2.24) is 5.32 Å². The fraction of sp³-hybridized carbons (Fsp3) is 0. The molecule has 3 rings (SSSR count). The van der Waals surface area contributed by atoms with E-state index in [4.69, 9.17) is 27.6 Å². The third-order valence-corrected chi connectivity index (χ3v) is 4.33. The molecular weight excluding hydrogens is 433 g/mol. The van der Waals surface area contributed by atoms with Crippen LogP contribution in [0.1, 0.15) is 16.1 Å². The Morgan fingerprint density at radius 1 is 1.03 bits per heavy atom. The number of nitrogens with zero attached hydrogens (tertiary/aromatic N) is 1. The van der Waals surface area contributed by atoms with Crippen molar-refractivity contribution in [3.8, 4) is 0 Å². The smallest absolute Gasteiger partial charge is 0.401 e. The van der Waals surface area contributed by atoms with Crippen LogP contribution in [0.4, 0.5) is 11.6 Å². The van der Waals surface area contributed by atoms with Gasteiger partial charge in [0.15, 0.2) is 0 Å². The van der Waals surface area contributed by atoms with Gasteiger partial charge in [-0.05, 0) is 36.4 Å². The number of halogens is 2. The summed E-state index contributed by atoms with van der Waals surface area (Å²) >= 11 is 11.9. The van der Waals surface area contributed by atoms with Crippen LogP contribution in [0.15, 0.2) is 70.8 Å². The zero-order valence-electron chi connectivity index (χ0n) is 15.1. The maximum absolute atomic E-state index is 12.7. The van der Waals surface area contributed by atoms with E-state index in [1.54, 1.807) is 30.3 Å². The fourth-order valence-corrected chi connectivity index (χ4v) is 2.90. The van der Waals surface area contributed by atoms with Gasteiger partial charge in [0.1, 0.15) is 16.4 Å². The van der Waals surface area contributed by atoms with E-state index < -0.39 is 22.6 Å². The van der Waals surface area contributed by atoms with E-state index in [0.29, 0.717) is 10.7 Å². The standard InChI is InChI=1S/C20H13Cl2N3O5/c21-12-6-8-15(16(22)10-12)19(26)24-17(11-14-7-9-18(30-14)25(28)29)20(27)23-13-4-2-1-3-5-13/h1-11H,(H,23,27)(H,24,26)/b17-11+. The van der Waals surface area contributed by atoms with Crippen molar-refractivity contribution in [2.24, 2.45) is 0 Å². The molecule has 1 heterocycles. The lowest BCUT2D eigenvalue weighted by Gasteiger charge is -2.11. The van der Waals surface area contributed by atoms with Crippen molar-refractivity contribution in [3.05, 3.63) is 97.8 Å². The van der Waals surface area contributed by atoms with Crippen LogP contribution in [0.2, 0.25) is 10.0 Å². The van der Waals surface area contributed by atoms with Crippen LogP contribution in [0.3, 0.4) is 0 Å². The lowest BCUT2D eigenvalue weighted by Crippen LogP contribution is -2.30. The first-order valence-electron chi connectivity index (χ1n) is 8.42. The average molecular weight is 446 g/mol. The summed E-state index contributed by atoms with van der Waals surface area (Å²) in [6.45, 7) is 0. The summed E-state index contributed by atoms with van der Waals surface area (Å²) in [5.74, 6) is -1.84. The molecule has 3 aromatic rings. The van der Waals surface area contributed by atoms with Crippen LogP contribution in [0.25, 0.3) is 6.08 Å². The Balaban J connectivity index is 1.91. The Labute approximate surface area is 180 Å². The van der Waals surface area contributed by atoms with Crippen molar-refractivity contribution in [3.63, 3.8) is 0 Å². The van der Waals surface area contributed by atoms with Gasteiger partial charge in [-0.2, -0.15) is 0 Å². The molecule has 152 valence electrons. The Hall–Kier alpha value is -3.62. The van der Waals surface area contributed by atoms with Crippen LogP contribution in [0.5, 0.6) is 0 Å². The number of hydrogen-bond acceptors (Lipinski definition) is 5. The van der Waals surface area contributed by atoms with Crippen molar-refractivity contribution in [2.75, 3.05) is 5.32 Å². The van der Waals surface area contributed by atoms with Gasteiger partial charge in [0, 0.05) is 16.8 Å². The quantitative estimate of drug-likeness (QED) is 0.318. The van der Waals surface area contributed by atoms with E-state index in [9.17, 15) is 19.7 Å². The minimum atomic E-state index is -0.715. The molecule has 10 heteroatoms. The number of para-hydroxylation sites is 1. The Morgan fingerprint density at radius 2 is 1.77 bits per heavy atom. The van der Waals surface area contributed by atoms with E-state index in [1.807, 2.05) is 0 Å². The van der Waals surface area contributed by atoms with Crippen LogP contribution in [0, 0.1) is 10.1 Å². The summed E-state index contributed by atoms with van der Waals surface area (Å²) in [6, 6.07) is 15.3. The van der Waals surface area contributed by atoms with E-state index in [0.717, 1.165) is 6.07 Å². The number of furan rings is 1. The van der Waals surface area contributed by atoms with E-state index in [2.05, 4.69) is 10.6 Å². The van der Waals surface area contributed by atoms with Crippen molar-refractivity contribution in [1.29, 1.82) is 0 Å². The first-order valence-corrected chi connectivity index (χ1v) is 9.18. The molecule has 0 saturated carbocycles. The van der Waals surface area contributed by atoms with Gasteiger partial charge in [0.2, 0.25) is 0 Å². The van der Waals surface area contributed by atoms with Gasteiger partial charge in [0.25, 0.3) is 11.8 Å². The number of carbonyl (C=O) groups is 2. The van der Waals surface area contributed by atoms with Crippen molar-refractivity contribution in [2.45, 2.75) is 0 Å². The van der Waals surface area contributed by atoms with Gasteiger partial charge >= 0.3 is 5.88 Å². The minimum absolute atomic E-state index is 0.00224. The number of rotatable bonds is 6. The molecular formula is C20H13Cl2N3O5. The number of benzene rings is 2. The fourth-order valence-electron chi connectivity index (χ4n) is 2.40. The van der Waals surface area contributed by atoms with Gasteiger partial charge in [0.05, 0.1) is 16.7 Å². The molecule has 0 bridgehead atoms. The highest BCUT2D eigenvalue weighted by molar-refractivity contribution is 6.36. The van der Waals surface area contributed by atoms with Gasteiger partial charge in [-0.1, -0.05) is 41.4 Å². The summed E-state index contributed by atoms with van der Waals surface area (Å²) in [7, 11) is 0. The van der Waals surface area contributed by atoms with Gasteiger partial charge < -0.3 is 15.1 Å². The summed E-state index contributed by atoms with van der Waals surface area (Å²) in [5, 5.41) is 16.3. The molecule has 2 aromatic carbocycles. The predicted molar refractivity (Wildman–Crippen MR) is 112 cm³/mol. The summed E-state index contributed by atoms with van der Waals surface area (Å²) in [5.41, 5.74) is 0.363. The number of anilines is 1. The van der Waals surface area contributed by atoms with Crippen molar-refractivity contribution < 1.29 is 18.9 Å². The molecule has 0 aliphatic rings. The summed E-state index contributed by atoms with van der Waals surface area (Å²) in [6.07, 6.45) is 1.17. The molecule has 0 aliphatic heterocycles. The van der Waals surface area contributed by atoms with Crippen LogP contribution in [-0.4, -0.2) is 16.7 Å². The number of nitro groups is 1. The second-order valence-corrected chi connectivity index (χ2v) is 6.73. The van der Waals surface area contributed by atoms with E-state index >= 15 is 0 Å². The third-order valence-electron chi connectivity index (χ3n) is 3.78. The van der Waals surface area contributed by atoms with Gasteiger partial charge in [-0.3, -0.25) is 19.7 Å². The molecule has 1 aromatic heterocycles. The largest absolute Gasteiger partial charge is 0.433 e. The zero-order chi connectivity index (χ0) is 21.7. The van der Waals surface area contributed by atoms with Gasteiger partial charge in [-0.15, -0.1) is 0 Å². The average Bonchev–Trinajstić information content (AvgIpc) is 3.17. The molecule has 0 spiro atoms. The molecule has 2 amide bonds. The molecule has 2 N–H and O–H groups in total. The second-order valence-electron chi connectivity index (χ2n) is 5.89. The summed E-state index contributed by atoms with van der Waals surface area (Å²) in [4.78, 5) is 35.5. The molecule has 0 atom stereocenters. The predicted octanol–water partition coefficient (Wildman–Crippen LogP) is 4.90. The van der Waals surface area contributed by atoms with Crippen LogP contribution in [-0.2, 0) is 4.79 Å². The molecule has 0 aliphatic carbocycles. The Bertz CT molecular complexity index is 1140. The van der Waals surface area contributed by atoms with Crippen molar-refractivity contribution >= 4 is 52.7 Å². The maximum atomic E-state index is 12.7. The zero-order valence-corrected chi connectivity index (χ0v) is 16.6. The van der Waals surface area contributed by atoms with E-state index in [1.165, 1.54) is 30.3 Å². The Morgan fingerprint density at radius 3 is 2.40 bits per heavy atom. The lowest BCUT2D eigenvalue weighted by molar-refractivity contribution is -0.402. The lowest BCUT2D eigenvalue weighted by atomic mass is 10.2. The topological polar surface area (TPSA) is 114 Å². The SMILES string of the molecule is O=C(Nc1ccccc1)/C(=C\c1ccc([N+](=O)[O-])o1)NC(=O)c1ccc(Cl)cc1Cl. The first-order chi connectivity index (χ1) is 14.3. The monoisotopic (exact) mass is 445 g/mol. The third kappa shape index (κ3) is 5.25. The minimum Gasteiger partial charge on any atom is -0.401 e. The molecule has 8 nitrogen and oxygen atoms in total. The van der Waals surface area contributed by atoms with Crippen LogP contribution < -0.4 is 10.6 Å². The highest BCUT2D eigenvalue weighted by Crippen LogP contribution is 2.22. The molecule has 30 heavy (non-hydrogen) atoms. The normalized spacial score (nSPS) is 11.1. The molecule has 0 saturated heterocycles. The maximum Gasteiger partial charge on any atom is 0.433 e. The molecule has 0 unspecified atom stereocenters. The number of carbonyl (C=O) groups excluding carboxylic acids is 2. The van der Waals surface area contributed by atoms with Crippen LogP contribution >= 0.6 is 23.2 Å². The highest BCUT2D eigenvalue weighted by atomic mass is 35.5. The van der Waals surface area contributed by atoms with E-state index in [-0.39, 0.29) is 22.0 Å². The second kappa shape index (κ2) is 9.25. The highest BCUT2D eigenvalue weighted by Gasteiger charge is 2.19. The molecule has 0 fully saturated rings. The Kier molecular flexibility index (Phi) is 6.51. The number of nitrogens with one attached hydrogen (secondary N) is 2. The van der Waals surface area contributed by atoms with Gasteiger partial charge in [-0.25, -0.2) is 0 Å². The number of amides is 2.